The predicted octanol–water partition coefficient (Wildman–Crippen LogP) is 3.35. The summed E-state index contributed by atoms with van der Waals surface area (Å²) in [7, 11) is -2.82. The molecule has 0 N–H and O–H groups in total. The summed E-state index contributed by atoms with van der Waals surface area (Å²) in [5.74, 6) is 0.717. The maximum absolute atomic E-state index is 12.0. The zero-order chi connectivity index (χ0) is 10.9. The van der Waals surface area contributed by atoms with E-state index in [1.807, 2.05) is 13.8 Å². The van der Waals surface area contributed by atoms with Crippen LogP contribution in [0.25, 0.3) is 0 Å². The van der Waals surface area contributed by atoms with E-state index in [-0.39, 0.29) is 0 Å². The molecule has 0 heterocycles. The van der Waals surface area contributed by atoms with Crippen molar-refractivity contribution in [1.82, 2.24) is 0 Å². The van der Waals surface area contributed by atoms with E-state index in [2.05, 4.69) is 12.6 Å². The normalized spacial score (nSPS) is 11.9. The summed E-state index contributed by atoms with van der Waals surface area (Å²) in [5, 5.41) is 0. The molecule has 0 aromatic heterocycles. The predicted molar refractivity (Wildman–Crippen MR) is 63.4 cm³/mol. The lowest BCUT2D eigenvalue weighted by Gasteiger charge is -2.17. The van der Waals surface area contributed by atoms with Crippen LogP contribution in [0.5, 0.6) is 0 Å². The summed E-state index contributed by atoms with van der Waals surface area (Å²) in [4.78, 5) is 0. The molecular formula is C9H21O3PS. The van der Waals surface area contributed by atoms with E-state index in [0.29, 0.717) is 19.4 Å². The molecule has 0 saturated heterocycles. The van der Waals surface area contributed by atoms with E-state index in [0.717, 1.165) is 25.0 Å². The Morgan fingerprint density at radius 1 is 1.14 bits per heavy atom. The van der Waals surface area contributed by atoms with Crippen LogP contribution < -0.4 is 0 Å². The van der Waals surface area contributed by atoms with Crippen molar-refractivity contribution in [3.8, 4) is 0 Å². The molecule has 0 unspecified atom stereocenters. The molecule has 14 heavy (non-hydrogen) atoms. The largest absolute Gasteiger partial charge is 0.330 e. The van der Waals surface area contributed by atoms with Crippen molar-refractivity contribution in [3.05, 3.63) is 0 Å². The maximum Gasteiger partial charge on any atom is 0.330 e. The van der Waals surface area contributed by atoms with Gasteiger partial charge in [-0.3, -0.25) is 4.57 Å². The quantitative estimate of drug-likeness (QED) is 0.496. The maximum atomic E-state index is 12.0. The van der Waals surface area contributed by atoms with Gasteiger partial charge in [0.05, 0.1) is 19.4 Å². The van der Waals surface area contributed by atoms with E-state index < -0.39 is 7.60 Å². The smallest absolute Gasteiger partial charge is 0.309 e. The summed E-state index contributed by atoms with van der Waals surface area (Å²) in [5.41, 5.74) is 0. The fourth-order valence-corrected chi connectivity index (χ4v) is 3.10. The first-order valence-electron chi connectivity index (χ1n) is 5.17. The minimum Gasteiger partial charge on any atom is -0.309 e. The monoisotopic (exact) mass is 240 g/mol. The van der Waals surface area contributed by atoms with E-state index in [9.17, 15) is 4.57 Å². The van der Waals surface area contributed by atoms with Gasteiger partial charge in [0.1, 0.15) is 0 Å². The second-order valence-corrected chi connectivity index (χ2v) is 5.71. The van der Waals surface area contributed by atoms with Gasteiger partial charge < -0.3 is 9.05 Å². The van der Waals surface area contributed by atoms with Gasteiger partial charge in [-0.05, 0) is 25.0 Å². The zero-order valence-corrected chi connectivity index (χ0v) is 10.9. The fraction of sp³-hybridized carbons (Fsp3) is 1.00. The van der Waals surface area contributed by atoms with Gasteiger partial charge >= 0.3 is 7.60 Å². The molecule has 5 heteroatoms. The first-order valence-corrected chi connectivity index (χ1v) is 7.53. The van der Waals surface area contributed by atoms with Gasteiger partial charge in [-0.25, -0.2) is 0 Å². The Kier molecular flexibility index (Phi) is 9.09. The molecule has 0 rings (SSSR count). The van der Waals surface area contributed by atoms with Crippen molar-refractivity contribution < 1.29 is 13.6 Å². The Bertz CT molecular complexity index is 147. The molecule has 0 bridgehead atoms. The molecule has 3 nitrogen and oxygen atoms in total. The molecule has 0 fully saturated rings. The van der Waals surface area contributed by atoms with E-state index in [1.54, 1.807) is 0 Å². The minimum atomic E-state index is -2.82. The fourth-order valence-electron chi connectivity index (χ4n) is 0.891. The van der Waals surface area contributed by atoms with Crippen molar-refractivity contribution in [1.29, 1.82) is 0 Å². The number of rotatable bonds is 9. The molecule has 86 valence electrons. The highest BCUT2D eigenvalue weighted by Gasteiger charge is 2.22. The Labute approximate surface area is 92.5 Å². The van der Waals surface area contributed by atoms with Crippen LogP contribution in [-0.4, -0.2) is 25.1 Å². The molecule has 0 saturated carbocycles. The van der Waals surface area contributed by atoms with E-state index in [1.165, 1.54) is 0 Å². The zero-order valence-electron chi connectivity index (χ0n) is 9.07. The van der Waals surface area contributed by atoms with Crippen LogP contribution in [0.15, 0.2) is 0 Å². The lowest BCUT2D eigenvalue weighted by molar-refractivity contribution is 0.204. The molecule has 0 aliphatic heterocycles. The summed E-state index contributed by atoms with van der Waals surface area (Å²) in [6.45, 7) is 4.99. The molecular weight excluding hydrogens is 219 g/mol. The van der Waals surface area contributed by atoms with Crippen molar-refractivity contribution in [2.45, 2.75) is 33.1 Å². The lowest BCUT2D eigenvalue weighted by atomic mass is 10.5. The van der Waals surface area contributed by atoms with Crippen LogP contribution in [0, 0.1) is 0 Å². The van der Waals surface area contributed by atoms with Gasteiger partial charge in [0.15, 0.2) is 0 Å². The van der Waals surface area contributed by atoms with Crippen LogP contribution in [0.2, 0.25) is 0 Å². The van der Waals surface area contributed by atoms with Crippen molar-refractivity contribution >= 4 is 20.2 Å². The number of thiol groups is 1. The Morgan fingerprint density at radius 3 is 2.00 bits per heavy atom. The SMILES string of the molecule is CCCOP(=O)(CCCS)OCCC. The minimum absolute atomic E-state index is 0.483. The number of hydrogen-bond donors (Lipinski definition) is 1. The lowest BCUT2D eigenvalue weighted by Crippen LogP contribution is -2.02. The van der Waals surface area contributed by atoms with Crippen LogP contribution in [0.1, 0.15) is 33.1 Å². The highest BCUT2D eigenvalue weighted by Crippen LogP contribution is 2.48. The highest BCUT2D eigenvalue weighted by molar-refractivity contribution is 7.80. The molecule has 0 aliphatic carbocycles. The van der Waals surface area contributed by atoms with Crippen molar-refractivity contribution in [3.63, 3.8) is 0 Å². The molecule has 0 aliphatic rings. The standard InChI is InChI=1S/C9H21O3PS/c1-3-6-11-13(10,8-5-9-14)12-7-4-2/h14H,3-9H2,1-2H3. The molecule has 0 atom stereocenters. The number of hydrogen-bond acceptors (Lipinski definition) is 4. The topological polar surface area (TPSA) is 35.5 Å². The Balaban J connectivity index is 3.97. The molecule has 0 spiro atoms. The van der Waals surface area contributed by atoms with Gasteiger partial charge in [0, 0.05) is 0 Å². The van der Waals surface area contributed by atoms with Gasteiger partial charge in [-0.15, -0.1) is 0 Å². The third-order valence-electron chi connectivity index (χ3n) is 1.57. The molecule has 0 aromatic rings. The van der Waals surface area contributed by atoms with Crippen LogP contribution in [0.4, 0.5) is 0 Å². The van der Waals surface area contributed by atoms with Gasteiger partial charge in [0.25, 0.3) is 0 Å². The molecule has 0 radical (unpaired) electrons. The summed E-state index contributed by atoms with van der Waals surface area (Å²) >= 11 is 4.08. The summed E-state index contributed by atoms with van der Waals surface area (Å²) in [6.07, 6.45) is 2.98. The molecule has 0 aromatic carbocycles. The van der Waals surface area contributed by atoms with E-state index in [4.69, 9.17) is 9.05 Å². The van der Waals surface area contributed by atoms with Gasteiger partial charge in [-0.1, -0.05) is 13.8 Å². The third kappa shape index (κ3) is 6.88. The van der Waals surface area contributed by atoms with E-state index >= 15 is 0 Å². The second-order valence-electron chi connectivity index (χ2n) is 3.08. The molecule has 0 amide bonds. The van der Waals surface area contributed by atoms with Crippen molar-refractivity contribution in [2.24, 2.45) is 0 Å². The third-order valence-corrected chi connectivity index (χ3v) is 3.91. The first-order chi connectivity index (χ1) is 6.68. The van der Waals surface area contributed by atoms with Crippen LogP contribution >= 0.6 is 20.2 Å². The summed E-state index contributed by atoms with van der Waals surface area (Å²) in [6, 6.07) is 0. The van der Waals surface area contributed by atoms with Crippen LogP contribution in [-0.2, 0) is 13.6 Å². The van der Waals surface area contributed by atoms with Crippen molar-refractivity contribution in [2.75, 3.05) is 25.1 Å². The van der Waals surface area contributed by atoms with Crippen LogP contribution in [0.3, 0.4) is 0 Å². The average Bonchev–Trinajstić information content (AvgIpc) is 2.21. The average molecular weight is 240 g/mol. The van der Waals surface area contributed by atoms with Gasteiger partial charge in [-0.2, -0.15) is 12.6 Å². The van der Waals surface area contributed by atoms with Gasteiger partial charge in [0.2, 0.25) is 0 Å². The first kappa shape index (κ1) is 14.5. The second kappa shape index (κ2) is 8.78. The highest BCUT2D eigenvalue weighted by atomic mass is 32.1. The summed E-state index contributed by atoms with van der Waals surface area (Å²) < 4.78 is 22.6. The Hall–Kier alpha value is 0.500. The Morgan fingerprint density at radius 2 is 1.64 bits per heavy atom.